The van der Waals surface area contributed by atoms with E-state index in [-0.39, 0.29) is 0 Å². The zero-order valence-corrected chi connectivity index (χ0v) is 8.88. The second kappa shape index (κ2) is 4.04. The van der Waals surface area contributed by atoms with Crippen LogP contribution in [-0.2, 0) is 19.1 Å². The number of halogens is 3. The molecule has 1 aromatic rings. The van der Waals surface area contributed by atoms with Crippen molar-refractivity contribution in [2.24, 2.45) is 5.92 Å². The van der Waals surface area contributed by atoms with Gasteiger partial charge < -0.3 is 9.88 Å². The fourth-order valence-corrected chi connectivity index (χ4v) is 2.07. The van der Waals surface area contributed by atoms with Crippen LogP contribution in [0.2, 0.25) is 0 Å². The van der Waals surface area contributed by atoms with E-state index >= 15 is 0 Å². The Labute approximate surface area is 90.9 Å². The highest BCUT2D eigenvalue weighted by Crippen LogP contribution is 2.30. The van der Waals surface area contributed by atoms with Gasteiger partial charge in [-0.25, -0.2) is 0 Å². The molecule has 4 nitrogen and oxygen atoms in total. The van der Waals surface area contributed by atoms with Crippen molar-refractivity contribution in [2.75, 3.05) is 13.6 Å². The van der Waals surface area contributed by atoms with Gasteiger partial charge in [-0.1, -0.05) is 0 Å². The Morgan fingerprint density at radius 1 is 1.44 bits per heavy atom. The number of nitrogens with zero attached hydrogens (tertiary/aromatic N) is 3. The third-order valence-corrected chi connectivity index (χ3v) is 2.81. The Morgan fingerprint density at radius 3 is 2.81 bits per heavy atom. The number of rotatable bonds is 2. The van der Waals surface area contributed by atoms with Crippen molar-refractivity contribution in [3.8, 4) is 0 Å². The van der Waals surface area contributed by atoms with Gasteiger partial charge in [0.15, 0.2) is 0 Å². The Kier molecular flexibility index (Phi) is 2.88. The van der Waals surface area contributed by atoms with E-state index in [0.717, 1.165) is 13.0 Å². The summed E-state index contributed by atoms with van der Waals surface area (Å²) in [6.07, 6.45) is -3.11. The molecule has 0 aromatic carbocycles. The molecule has 0 aliphatic carbocycles. The summed E-state index contributed by atoms with van der Waals surface area (Å²) in [4.78, 5) is 0. The largest absolute Gasteiger partial charge is 0.451 e. The molecule has 1 N–H and O–H groups in total. The predicted octanol–water partition coefficient (Wildman–Crippen LogP) is 1.08. The molecule has 90 valence electrons. The summed E-state index contributed by atoms with van der Waals surface area (Å²) in [6.45, 7) is 1.15. The average molecular weight is 234 g/mol. The Bertz CT molecular complexity index is 371. The molecule has 7 heteroatoms. The van der Waals surface area contributed by atoms with E-state index in [0.29, 0.717) is 24.7 Å². The van der Waals surface area contributed by atoms with Crippen molar-refractivity contribution in [3.63, 3.8) is 0 Å². The highest BCUT2D eigenvalue weighted by molar-refractivity contribution is 5.03. The summed E-state index contributed by atoms with van der Waals surface area (Å²) in [5.74, 6) is -0.0768. The molecule has 1 unspecified atom stereocenters. The quantitative estimate of drug-likeness (QED) is 0.832. The summed E-state index contributed by atoms with van der Waals surface area (Å²) in [5, 5.41) is 9.88. The third-order valence-electron chi connectivity index (χ3n) is 2.81. The van der Waals surface area contributed by atoms with Crippen LogP contribution in [0.3, 0.4) is 0 Å². The van der Waals surface area contributed by atoms with Crippen LogP contribution in [0.1, 0.15) is 18.1 Å². The first kappa shape index (κ1) is 11.4. The molecular formula is C9H13F3N4. The molecule has 1 aliphatic rings. The van der Waals surface area contributed by atoms with E-state index in [1.807, 2.05) is 7.05 Å². The number of alkyl halides is 3. The van der Waals surface area contributed by atoms with Gasteiger partial charge in [-0.15, -0.1) is 10.2 Å². The van der Waals surface area contributed by atoms with Gasteiger partial charge in [0.1, 0.15) is 5.82 Å². The molecule has 2 heterocycles. The van der Waals surface area contributed by atoms with Gasteiger partial charge in [-0.05, 0) is 25.9 Å². The lowest BCUT2D eigenvalue weighted by atomic mass is 9.98. The van der Waals surface area contributed by atoms with Crippen LogP contribution in [-0.4, -0.2) is 28.4 Å². The third kappa shape index (κ3) is 2.04. The molecule has 0 radical (unpaired) electrons. The van der Waals surface area contributed by atoms with Crippen molar-refractivity contribution in [2.45, 2.75) is 25.6 Å². The standard InChI is InChI=1S/C9H13F3N4/c1-13-5-6-2-3-16-7(4-6)14-15-8(16)9(10,11)12/h6,13H,2-5H2,1H3. The van der Waals surface area contributed by atoms with Crippen molar-refractivity contribution >= 4 is 0 Å². The summed E-state index contributed by atoms with van der Waals surface area (Å²) >= 11 is 0. The van der Waals surface area contributed by atoms with Crippen LogP contribution in [0.25, 0.3) is 0 Å². The van der Waals surface area contributed by atoms with E-state index in [2.05, 4.69) is 15.5 Å². The molecule has 16 heavy (non-hydrogen) atoms. The number of aromatic nitrogens is 3. The predicted molar refractivity (Wildman–Crippen MR) is 50.8 cm³/mol. The van der Waals surface area contributed by atoms with Gasteiger partial charge >= 0.3 is 6.18 Å². The van der Waals surface area contributed by atoms with Crippen LogP contribution in [0.4, 0.5) is 13.2 Å². The fourth-order valence-electron chi connectivity index (χ4n) is 2.07. The van der Waals surface area contributed by atoms with E-state index in [4.69, 9.17) is 0 Å². The Balaban J connectivity index is 2.20. The molecule has 0 spiro atoms. The summed E-state index contributed by atoms with van der Waals surface area (Å²) < 4.78 is 38.7. The normalized spacial score (nSPS) is 20.9. The first-order valence-electron chi connectivity index (χ1n) is 5.16. The maximum Gasteiger partial charge on any atom is 0.451 e. The van der Waals surface area contributed by atoms with Gasteiger partial charge in [-0.3, -0.25) is 0 Å². The second-order valence-corrected chi connectivity index (χ2v) is 4.01. The Hall–Kier alpha value is -1.11. The summed E-state index contributed by atoms with van der Waals surface area (Å²) in [7, 11) is 1.83. The molecule has 1 aromatic heterocycles. The molecule has 1 aliphatic heterocycles. The summed E-state index contributed by atoms with van der Waals surface area (Å²) in [6, 6.07) is 0. The highest BCUT2D eigenvalue weighted by atomic mass is 19.4. The zero-order valence-electron chi connectivity index (χ0n) is 8.88. The van der Waals surface area contributed by atoms with Crippen molar-refractivity contribution in [1.82, 2.24) is 20.1 Å². The minimum atomic E-state index is -4.40. The molecule has 0 amide bonds. The number of fused-ring (bicyclic) bond motifs is 1. The fraction of sp³-hybridized carbons (Fsp3) is 0.778. The van der Waals surface area contributed by atoms with Gasteiger partial charge in [0.2, 0.25) is 5.82 Å². The van der Waals surface area contributed by atoms with E-state index in [1.54, 1.807) is 0 Å². The zero-order chi connectivity index (χ0) is 11.8. The first-order valence-corrected chi connectivity index (χ1v) is 5.16. The van der Waals surface area contributed by atoms with Crippen LogP contribution in [0.5, 0.6) is 0 Å². The first-order chi connectivity index (χ1) is 7.52. The molecule has 0 saturated carbocycles. The lowest BCUT2D eigenvalue weighted by Gasteiger charge is -2.23. The highest BCUT2D eigenvalue weighted by Gasteiger charge is 2.39. The van der Waals surface area contributed by atoms with E-state index < -0.39 is 12.0 Å². The minimum absolute atomic E-state index is 0.350. The van der Waals surface area contributed by atoms with Crippen LogP contribution < -0.4 is 5.32 Å². The lowest BCUT2D eigenvalue weighted by molar-refractivity contribution is -0.147. The van der Waals surface area contributed by atoms with E-state index in [1.165, 1.54) is 4.57 Å². The molecule has 2 rings (SSSR count). The SMILES string of the molecule is CNCC1CCn2c(nnc2C(F)(F)F)C1. The van der Waals surface area contributed by atoms with Gasteiger partial charge in [-0.2, -0.15) is 13.2 Å². The maximum atomic E-state index is 12.5. The lowest BCUT2D eigenvalue weighted by Crippen LogP contribution is -2.29. The smallest absolute Gasteiger partial charge is 0.319 e. The molecule has 0 saturated heterocycles. The topological polar surface area (TPSA) is 42.7 Å². The van der Waals surface area contributed by atoms with Gasteiger partial charge in [0, 0.05) is 13.0 Å². The number of nitrogens with one attached hydrogen (secondary N) is 1. The van der Waals surface area contributed by atoms with Crippen molar-refractivity contribution in [1.29, 1.82) is 0 Å². The van der Waals surface area contributed by atoms with Crippen LogP contribution in [0.15, 0.2) is 0 Å². The monoisotopic (exact) mass is 234 g/mol. The van der Waals surface area contributed by atoms with Crippen molar-refractivity contribution in [3.05, 3.63) is 11.6 Å². The van der Waals surface area contributed by atoms with Crippen LogP contribution >= 0.6 is 0 Å². The van der Waals surface area contributed by atoms with E-state index in [9.17, 15) is 13.2 Å². The Morgan fingerprint density at radius 2 is 2.19 bits per heavy atom. The molecule has 1 atom stereocenters. The number of hydrogen-bond donors (Lipinski definition) is 1. The van der Waals surface area contributed by atoms with Gasteiger partial charge in [0.05, 0.1) is 0 Å². The molecule has 0 fully saturated rings. The molecular weight excluding hydrogens is 221 g/mol. The van der Waals surface area contributed by atoms with Crippen molar-refractivity contribution < 1.29 is 13.2 Å². The number of hydrogen-bond acceptors (Lipinski definition) is 3. The average Bonchev–Trinajstić information content (AvgIpc) is 2.60. The van der Waals surface area contributed by atoms with Gasteiger partial charge in [0.25, 0.3) is 0 Å². The summed E-state index contributed by atoms with van der Waals surface area (Å²) in [5.41, 5.74) is 0. The maximum absolute atomic E-state index is 12.5. The molecule has 0 bridgehead atoms. The second-order valence-electron chi connectivity index (χ2n) is 4.01. The minimum Gasteiger partial charge on any atom is -0.319 e. The van der Waals surface area contributed by atoms with Crippen LogP contribution in [0, 0.1) is 5.92 Å².